The van der Waals surface area contributed by atoms with Gasteiger partial charge in [0, 0.05) is 17.3 Å². The number of anilines is 3. The Bertz CT molecular complexity index is 573. The Morgan fingerprint density at radius 2 is 1.75 bits per heavy atom. The summed E-state index contributed by atoms with van der Waals surface area (Å²) in [5.41, 5.74) is 2.35. The second-order valence-corrected chi connectivity index (χ2v) is 5.80. The lowest BCUT2D eigenvalue weighted by molar-refractivity contribution is 0.630. The van der Waals surface area contributed by atoms with Gasteiger partial charge in [-0.2, -0.15) is 0 Å². The van der Waals surface area contributed by atoms with Gasteiger partial charge in [0.25, 0.3) is 0 Å². The van der Waals surface area contributed by atoms with Gasteiger partial charge in [-0.15, -0.1) is 0 Å². The molecule has 0 radical (unpaired) electrons. The molecule has 0 saturated carbocycles. The van der Waals surface area contributed by atoms with Crippen LogP contribution in [0.1, 0.15) is 33.3 Å². The van der Waals surface area contributed by atoms with Crippen LogP contribution in [0.4, 0.5) is 17.3 Å². The van der Waals surface area contributed by atoms with Crippen LogP contribution in [-0.2, 0) is 6.42 Å². The van der Waals surface area contributed by atoms with Gasteiger partial charge in [-0.3, -0.25) is 0 Å². The Morgan fingerprint density at radius 1 is 1.05 bits per heavy atom. The first-order valence-corrected chi connectivity index (χ1v) is 6.93. The third kappa shape index (κ3) is 3.95. The highest BCUT2D eigenvalue weighted by Gasteiger charge is 2.10. The minimum absolute atomic E-state index is 0.0209. The van der Waals surface area contributed by atoms with Gasteiger partial charge in [-0.05, 0) is 38.8 Å². The van der Waals surface area contributed by atoms with Crippen LogP contribution in [0.3, 0.4) is 0 Å². The molecule has 2 N–H and O–H groups in total. The molecule has 0 bridgehead atoms. The molecule has 1 aromatic heterocycles. The van der Waals surface area contributed by atoms with Crippen LogP contribution in [-0.4, -0.2) is 15.5 Å². The van der Waals surface area contributed by atoms with Gasteiger partial charge in [-0.1, -0.05) is 25.1 Å². The zero-order chi connectivity index (χ0) is 14.6. The minimum Gasteiger partial charge on any atom is -0.365 e. The molecule has 0 saturated heterocycles. The van der Waals surface area contributed by atoms with E-state index in [0.29, 0.717) is 0 Å². The highest BCUT2D eigenvalue weighted by atomic mass is 15.1. The van der Waals surface area contributed by atoms with Crippen LogP contribution in [0, 0.1) is 0 Å². The third-order valence-electron chi connectivity index (χ3n) is 2.83. The van der Waals surface area contributed by atoms with Crippen molar-refractivity contribution in [1.29, 1.82) is 0 Å². The molecule has 4 nitrogen and oxygen atoms in total. The second-order valence-electron chi connectivity index (χ2n) is 5.80. The van der Waals surface area contributed by atoms with Crippen molar-refractivity contribution in [2.24, 2.45) is 0 Å². The van der Waals surface area contributed by atoms with Crippen molar-refractivity contribution in [3.8, 4) is 0 Å². The molecule has 0 aliphatic carbocycles. The first kappa shape index (κ1) is 14.3. The molecular formula is C16H22N4. The summed E-state index contributed by atoms with van der Waals surface area (Å²) in [5, 5.41) is 6.70. The summed E-state index contributed by atoms with van der Waals surface area (Å²) in [5.74, 6) is 1.62. The molecule has 0 spiro atoms. The molecule has 1 heterocycles. The Kier molecular flexibility index (Phi) is 4.23. The third-order valence-corrected chi connectivity index (χ3v) is 2.83. The van der Waals surface area contributed by atoms with Crippen LogP contribution < -0.4 is 10.6 Å². The molecule has 20 heavy (non-hydrogen) atoms. The fourth-order valence-corrected chi connectivity index (χ4v) is 1.97. The van der Waals surface area contributed by atoms with Crippen LogP contribution in [0.15, 0.2) is 36.7 Å². The Balaban J connectivity index is 2.19. The number of benzene rings is 1. The summed E-state index contributed by atoms with van der Waals surface area (Å²) in [7, 11) is 0. The van der Waals surface area contributed by atoms with E-state index in [2.05, 4.69) is 66.5 Å². The Hall–Kier alpha value is -2.10. The molecule has 2 aromatic rings. The zero-order valence-electron chi connectivity index (χ0n) is 12.6. The quantitative estimate of drug-likeness (QED) is 0.882. The Morgan fingerprint density at radius 3 is 2.45 bits per heavy atom. The highest BCUT2D eigenvalue weighted by Crippen LogP contribution is 2.21. The first-order valence-electron chi connectivity index (χ1n) is 6.93. The average molecular weight is 270 g/mol. The molecule has 0 fully saturated rings. The monoisotopic (exact) mass is 270 g/mol. The van der Waals surface area contributed by atoms with Gasteiger partial charge < -0.3 is 10.6 Å². The summed E-state index contributed by atoms with van der Waals surface area (Å²) in [6.07, 6.45) is 2.56. The number of rotatable bonds is 4. The van der Waals surface area contributed by atoms with Gasteiger partial charge in [0.2, 0.25) is 0 Å². The standard InChI is InChI=1S/C16H22N4/c1-5-12-8-6-7-9-13(12)19-14-10-15(18-11-17-14)20-16(2,3)4/h6-11H,5H2,1-4H3,(H2,17,18,19,20). The maximum absolute atomic E-state index is 4.28. The number of nitrogens with one attached hydrogen (secondary N) is 2. The number of aromatic nitrogens is 2. The number of hydrogen-bond donors (Lipinski definition) is 2. The van der Waals surface area contributed by atoms with Gasteiger partial charge in [0.05, 0.1) is 0 Å². The summed E-state index contributed by atoms with van der Waals surface area (Å²) in [6, 6.07) is 10.2. The predicted octanol–water partition coefficient (Wildman–Crippen LogP) is 3.99. The predicted molar refractivity (Wildman–Crippen MR) is 84.5 cm³/mol. The van der Waals surface area contributed by atoms with E-state index in [0.717, 1.165) is 23.7 Å². The molecule has 2 rings (SSSR count). The molecule has 0 amide bonds. The molecule has 0 aliphatic heterocycles. The van der Waals surface area contributed by atoms with E-state index in [-0.39, 0.29) is 5.54 Å². The minimum atomic E-state index is -0.0209. The van der Waals surface area contributed by atoms with Crippen molar-refractivity contribution < 1.29 is 0 Å². The van der Waals surface area contributed by atoms with E-state index in [4.69, 9.17) is 0 Å². The van der Waals surface area contributed by atoms with Crippen molar-refractivity contribution >= 4 is 17.3 Å². The summed E-state index contributed by atoms with van der Waals surface area (Å²) in [6.45, 7) is 8.46. The number of para-hydroxylation sites is 1. The summed E-state index contributed by atoms with van der Waals surface area (Å²) < 4.78 is 0. The van der Waals surface area contributed by atoms with Crippen molar-refractivity contribution in [3.63, 3.8) is 0 Å². The lowest BCUT2D eigenvalue weighted by Gasteiger charge is -2.21. The molecule has 4 heteroatoms. The summed E-state index contributed by atoms with van der Waals surface area (Å²) in [4.78, 5) is 8.52. The van der Waals surface area contributed by atoms with Gasteiger partial charge in [0.15, 0.2) is 0 Å². The van der Waals surface area contributed by atoms with Crippen LogP contribution in [0.2, 0.25) is 0 Å². The second kappa shape index (κ2) is 5.90. The molecule has 0 atom stereocenters. The molecular weight excluding hydrogens is 248 g/mol. The lowest BCUT2D eigenvalue weighted by atomic mass is 10.1. The molecule has 0 unspecified atom stereocenters. The fourth-order valence-electron chi connectivity index (χ4n) is 1.97. The SMILES string of the molecule is CCc1ccccc1Nc1cc(NC(C)(C)C)ncn1. The summed E-state index contributed by atoms with van der Waals surface area (Å²) >= 11 is 0. The van der Waals surface area contributed by atoms with E-state index in [1.165, 1.54) is 5.56 Å². The highest BCUT2D eigenvalue weighted by molar-refractivity contribution is 5.62. The smallest absolute Gasteiger partial charge is 0.135 e. The lowest BCUT2D eigenvalue weighted by Crippen LogP contribution is -2.26. The Labute approximate surface area is 120 Å². The van der Waals surface area contributed by atoms with Crippen molar-refractivity contribution in [1.82, 2.24) is 9.97 Å². The van der Waals surface area contributed by atoms with E-state index < -0.39 is 0 Å². The first-order chi connectivity index (χ1) is 9.48. The zero-order valence-corrected chi connectivity index (χ0v) is 12.6. The molecule has 0 aliphatic rings. The van der Waals surface area contributed by atoms with E-state index in [1.54, 1.807) is 6.33 Å². The average Bonchev–Trinajstić information content (AvgIpc) is 2.38. The van der Waals surface area contributed by atoms with Crippen molar-refractivity contribution in [2.75, 3.05) is 10.6 Å². The number of nitrogens with zero attached hydrogens (tertiary/aromatic N) is 2. The van der Waals surface area contributed by atoms with Crippen LogP contribution >= 0.6 is 0 Å². The van der Waals surface area contributed by atoms with Gasteiger partial charge in [0.1, 0.15) is 18.0 Å². The van der Waals surface area contributed by atoms with Gasteiger partial charge in [-0.25, -0.2) is 9.97 Å². The van der Waals surface area contributed by atoms with E-state index >= 15 is 0 Å². The van der Waals surface area contributed by atoms with E-state index in [1.807, 2.05) is 12.1 Å². The maximum atomic E-state index is 4.28. The number of aryl methyl sites for hydroxylation is 1. The van der Waals surface area contributed by atoms with Crippen LogP contribution in [0.5, 0.6) is 0 Å². The van der Waals surface area contributed by atoms with Gasteiger partial charge >= 0.3 is 0 Å². The van der Waals surface area contributed by atoms with Crippen LogP contribution in [0.25, 0.3) is 0 Å². The number of hydrogen-bond acceptors (Lipinski definition) is 4. The largest absolute Gasteiger partial charge is 0.365 e. The normalized spacial score (nSPS) is 11.2. The van der Waals surface area contributed by atoms with E-state index in [9.17, 15) is 0 Å². The van der Waals surface area contributed by atoms with Crippen molar-refractivity contribution in [3.05, 3.63) is 42.2 Å². The molecule has 106 valence electrons. The molecule has 1 aromatic carbocycles. The maximum Gasteiger partial charge on any atom is 0.135 e. The fraction of sp³-hybridized carbons (Fsp3) is 0.375. The topological polar surface area (TPSA) is 49.8 Å². The van der Waals surface area contributed by atoms with Crippen molar-refractivity contribution in [2.45, 2.75) is 39.7 Å².